The zero-order valence-electron chi connectivity index (χ0n) is 12.8. The van der Waals surface area contributed by atoms with Crippen LogP contribution in [0.4, 0.5) is 0 Å². The minimum Gasteiger partial charge on any atom is -0.388 e. The molecule has 0 bridgehead atoms. The second-order valence-electron chi connectivity index (χ2n) is 6.69. The van der Waals surface area contributed by atoms with Gasteiger partial charge in [0.15, 0.2) is 0 Å². The SMILES string of the molecule is CCC1CCc2sc(C(=O)NCC3(O)CCCC3)cc2C1. The van der Waals surface area contributed by atoms with E-state index < -0.39 is 5.60 Å². The summed E-state index contributed by atoms with van der Waals surface area (Å²) in [5, 5.41) is 13.2. The first-order valence-corrected chi connectivity index (χ1v) is 9.03. The van der Waals surface area contributed by atoms with Crippen molar-refractivity contribution in [2.75, 3.05) is 6.54 Å². The Morgan fingerprint density at radius 2 is 2.24 bits per heavy atom. The molecule has 21 heavy (non-hydrogen) atoms. The van der Waals surface area contributed by atoms with E-state index >= 15 is 0 Å². The maximum Gasteiger partial charge on any atom is 0.261 e. The molecule has 1 heterocycles. The quantitative estimate of drug-likeness (QED) is 0.896. The third-order valence-corrected chi connectivity index (χ3v) is 6.33. The van der Waals surface area contributed by atoms with Gasteiger partial charge in [-0.1, -0.05) is 26.2 Å². The van der Waals surface area contributed by atoms with Gasteiger partial charge in [0.1, 0.15) is 0 Å². The van der Waals surface area contributed by atoms with Crippen molar-refractivity contribution in [3.63, 3.8) is 0 Å². The van der Waals surface area contributed by atoms with E-state index in [4.69, 9.17) is 0 Å². The van der Waals surface area contributed by atoms with Crippen LogP contribution in [0.1, 0.15) is 65.6 Å². The van der Waals surface area contributed by atoms with Gasteiger partial charge in [-0.15, -0.1) is 11.3 Å². The zero-order chi connectivity index (χ0) is 14.9. The van der Waals surface area contributed by atoms with Crippen molar-refractivity contribution in [1.29, 1.82) is 0 Å². The van der Waals surface area contributed by atoms with Crippen LogP contribution in [0.2, 0.25) is 0 Å². The fourth-order valence-electron chi connectivity index (χ4n) is 3.60. The summed E-state index contributed by atoms with van der Waals surface area (Å²) in [6, 6.07) is 2.08. The summed E-state index contributed by atoms with van der Waals surface area (Å²) >= 11 is 1.64. The summed E-state index contributed by atoms with van der Waals surface area (Å²) < 4.78 is 0. The molecule has 116 valence electrons. The Balaban J connectivity index is 1.62. The summed E-state index contributed by atoms with van der Waals surface area (Å²) in [7, 11) is 0. The number of nitrogens with one attached hydrogen (secondary N) is 1. The summed E-state index contributed by atoms with van der Waals surface area (Å²) in [6.45, 7) is 2.64. The largest absolute Gasteiger partial charge is 0.388 e. The first kappa shape index (κ1) is 15.0. The van der Waals surface area contributed by atoms with Crippen molar-refractivity contribution in [1.82, 2.24) is 5.32 Å². The van der Waals surface area contributed by atoms with E-state index in [1.807, 2.05) is 0 Å². The Hall–Kier alpha value is -0.870. The van der Waals surface area contributed by atoms with E-state index in [-0.39, 0.29) is 5.91 Å². The van der Waals surface area contributed by atoms with E-state index in [0.717, 1.165) is 49.3 Å². The number of rotatable bonds is 4. The number of thiophene rings is 1. The van der Waals surface area contributed by atoms with Gasteiger partial charge in [-0.2, -0.15) is 0 Å². The molecule has 1 aromatic heterocycles. The molecule has 0 spiro atoms. The van der Waals surface area contributed by atoms with Crippen LogP contribution in [0.25, 0.3) is 0 Å². The van der Waals surface area contributed by atoms with Crippen molar-refractivity contribution >= 4 is 17.2 Å². The molecule has 4 heteroatoms. The highest BCUT2D eigenvalue weighted by Crippen LogP contribution is 2.34. The summed E-state index contributed by atoms with van der Waals surface area (Å²) in [6.07, 6.45) is 8.49. The Morgan fingerprint density at radius 1 is 1.48 bits per heavy atom. The van der Waals surface area contributed by atoms with Crippen molar-refractivity contribution in [2.45, 2.75) is 63.9 Å². The van der Waals surface area contributed by atoms with Crippen molar-refractivity contribution in [3.05, 3.63) is 21.4 Å². The minimum absolute atomic E-state index is 0.0113. The Morgan fingerprint density at radius 3 is 2.95 bits per heavy atom. The molecule has 0 saturated heterocycles. The zero-order valence-corrected chi connectivity index (χ0v) is 13.6. The van der Waals surface area contributed by atoms with Crippen LogP contribution in [0.5, 0.6) is 0 Å². The molecule has 0 aromatic carbocycles. The molecule has 0 radical (unpaired) electrons. The molecule has 1 atom stereocenters. The van der Waals surface area contributed by atoms with E-state index in [1.165, 1.54) is 23.3 Å². The Labute approximate surface area is 130 Å². The van der Waals surface area contributed by atoms with Gasteiger partial charge in [-0.3, -0.25) is 4.79 Å². The molecule has 1 saturated carbocycles. The van der Waals surface area contributed by atoms with Gasteiger partial charge >= 0.3 is 0 Å². The standard InChI is InChI=1S/C17H25NO2S/c1-2-12-5-6-14-13(9-12)10-15(21-14)16(19)18-11-17(20)7-3-4-8-17/h10,12,20H,2-9,11H2,1H3,(H,18,19). The van der Waals surface area contributed by atoms with E-state index in [9.17, 15) is 9.90 Å². The van der Waals surface area contributed by atoms with Gasteiger partial charge in [-0.25, -0.2) is 0 Å². The van der Waals surface area contributed by atoms with E-state index in [1.54, 1.807) is 11.3 Å². The Bertz CT molecular complexity index is 517. The van der Waals surface area contributed by atoms with Crippen LogP contribution >= 0.6 is 11.3 Å². The monoisotopic (exact) mass is 307 g/mol. The Kier molecular flexibility index (Phi) is 4.36. The second kappa shape index (κ2) is 6.09. The topological polar surface area (TPSA) is 49.3 Å². The van der Waals surface area contributed by atoms with Gasteiger partial charge in [0, 0.05) is 11.4 Å². The average Bonchev–Trinajstić information content (AvgIpc) is 3.10. The maximum atomic E-state index is 12.3. The molecule has 1 amide bonds. The molecule has 1 aromatic rings. The lowest BCUT2D eigenvalue weighted by Gasteiger charge is -2.22. The number of carbonyl (C=O) groups is 1. The molecule has 1 fully saturated rings. The van der Waals surface area contributed by atoms with Gasteiger partial charge < -0.3 is 10.4 Å². The molecule has 3 rings (SSSR count). The minimum atomic E-state index is -0.667. The van der Waals surface area contributed by atoms with Crippen molar-refractivity contribution < 1.29 is 9.90 Å². The molecule has 3 nitrogen and oxygen atoms in total. The number of carbonyl (C=O) groups excluding carboxylic acids is 1. The number of aliphatic hydroxyl groups is 1. The number of fused-ring (bicyclic) bond motifs is 1. The van der Waals surface area contributed by atoms with E-state index in [2.05, 4.69) is 18.3 Å². The lowest BCUT2D eigenvalue weighted by Crippen LogP contribution is -2.40. The predicted molar refractivity (Wildman–Crippen MR) is 85.9 cm³/mol. The first-order chi connectivity index (χ1) is 10.1. The first-order valence-electron chi connectivity index (χ1n) is 8.22. The molecular weight excluding hydrogens is 282 g/mol. The van der Waals surface area contributed by atoms with Crippen LogP contribution in [0.3, 0.4) is 0 Å². The predicted octanol–water partition coefficient (Wildman–Crippen LogP) is 3.30. The lowest BCUT2D eigenvalue weighted by atomic mass is 9.87. The van der Waals surface area contributed by atoms with Crippen LogP contribution in [-0.2, 0) is 12.8 Å². The normalized spacial score (nSPS) is 23.8. The van der Waals surface area contributed by atoms with E-state index in [0.29, 0.717) is 6.54 Å². The molecule has 2 N–H and O–H groups in total. The molecule has 0 aliphatic heterocycles. The second-order valence-corrected chi connectivity index (χ2v) is 7.83. The van der Waals surface area contributed by atoms with Crippen molar-refractivity contribution in [3.8, 4) is 0 Å². The smallest absolute Gasteiger partial charge is 0.261 e. The summed E-state index contributed by atoms with van der Waals surface area (Å²) in [4.78, 5) is 14.5. The summed E-state index contributed by atoms with van der Waals surface area (Å²) in [5.41, 5.74) is 0.711. The molecule has 2 aliphatic carbocycles. The van der Waals surface area contributed by atoms with Crippen LogP contribution < -0.4 is 5.32 Å². The van der Waals surface area contributed by atoms with Crippen LogP contribution in [-0.4, -0.2) is 23.2 Å². The fraction of sp³-hybridized carbons (Fsp3) is 0.706. The third-order valence-electron chi connectivity index (χ3n) is 5.10. The third kappa shape index (κ3) is 3.32. The lowest BCUT2D eigenvalue weighted by molar-refractivity contribution is 0.0450. The number of hydrogen-bond acceptors (Lipinski definition) is 3. The van der Waals surface area contributed by atoms with Gasteiger partial charge in [0.05, 0.1) is 10.5 Å². The van der Waals surface area contributed by atoms with Gasteiger partial charge in [0.2, 0.25) is 0 Å². The van der Waals surface area contributed by atoms with Crippen molar-refractivity contribution in [2.24, 2.45) is 5.92 Å². The molecular formula is C17H25NO2S. The number of hydrogen-bond donors (Lipinski definition) is 2. The highest BCUT2D eigenvalue weighted by molar-refractivity contribution is 7.14. The van der Waals surface area contributed by atoms with Crippen LogP contribution in [0.15, 0.2) is 6.07 Å². The maximum absolute atomic E-state index is 12.3. The molecule has 2 aliphatic rings. The molecule has 1 unspecified atom stereocenters. The highest BCUT2D eigenvalue weighted by atomic mass is 32.1. The number of amides is 1. The highest BCUT2D eigenvalue weighted by Gasteiger charge is 2.31. The number of aryl methyl sites for hydroxylation is 1. The van der Waals surface area contributed by atoms with Gasteiger partial charge in [0.25, 0.3) is 5.91 Å². The average molecular weight is 307 g/mol. The van der Waals surface area contributed by atoms with Crippen LogP contribution in [0, 0.1) is 5.92 Å². The van der Waals surface area contributed by atoms with Gasteiger partial charge in [-0.05, 0) is 49.7 Å². The fourth-order valence-corrected chi connectivity index (χ4v) is 4.73. The summed E-state index contributed by atoms with van der Waals surface area (Å²) in [5.74, 6) is 0.769.